The van der Waals surface area contributed by atoms with Crippen molar-refractivity contribution in [2.75, 3.05) is 31.6 Å². The molecule has 1 aliphatic rings. The monoisotopic (exact) mass is 353 g/mol. The van der Waals surface area contributed by atoms with Crippen LogP contribution in [0.15, 0.2) is 22.7 Å². The maximum absolute atomic E-state index is 3.76. The summed E-state index contributed by atoms with van der Waals surface area (Å²) in [6, 6.07) is 7.34. The Labute approximate surface area is 137 Å². The molecule has 0 saturated carbocycles. The van der Waals surface area contributed by atoms with Crippen LogP contribution in [0.3, 0.4) is 0 Å². The number of hydrogen-bond donors (Lipinski definition) is 1. The van der Waals surface area contributed by atoms with Crippen LogP contribution in [0.1, 0.15) is 33.3 Å². The van der Waals surface area contributed by atoms with E-state index >= 15 is 0 Å². The summed E-state index contributed by atoms with van der Waals surface area (Å²) in [5, 5.41) is 3.54. The minimum Gasteiger partial charge on any atom is -0.368 e. The lowest BCUT2D eigenvalue weighted by Gasteiger charge is -2.39. The van der Waals surface area contributed by atoms with Crippen molar-refractivity contribution in [3.63, 3.8) is 0 Å². The van der Waals surface area contributed by atoms with E-state index in [0.717, 1.165) is 26.2 Å². The van der Waals surface area contributed by atoms with Gasteiger partial charge in [-0.3, -0.25) is 0 Å². The summed E-state index contributed by atoms with van der Waals surface area (Å²) < 4.78 is 1.20. The van der Waals surface area contributed by atoms with Crippen LogP contribution in [0.2, 0.25) is 0 Å². The van der Waals surface area contributed by atoms with Crippen LogP contribution in [0.5, 0.6) is 0 Å². The van der Waals surface area contributed by atoms with E-state index in [1.807, 2.05) is 0 Å². The highest BCUT2D eigenvalue weighted by molar-refractivity contribution is 9.10. The second-order valence-electron chi connectivity index (χ2n) is 7.16. The number of nitrogens with zero attached hydrogens (tertiary/aromatic N) is 2. The predicted molar refractivity (Wildman–Crippen MR) is 95.0 cm³/mol. The van der Waals surface area contributed by atoms with E-state index in [1.54, 1.807) is 0 Å². The van der Waals surface area contributed by atoms with Gasteiger partial charge in [-0.2, -0.15) is 0 Å². The molecule has 1 atom stereocenters. The molecule has 0 aromatic heterocycles. The number of rotatable bonds is 3. The maximum atomic E-state index is 3.76. The average Bonchev–Trinajstić information content (AvgIpc) is 2.39. The fourth-order valence-corrected chi connectivity index (χ4v) is 3.23. The molecule has 0 radical (unpaired) electrons. The molecule has 3 nitrogen and oxygen atoms in total. The van der Waals surface area contributed by atoms with Gasteiger partial charge in [0.1, 0.15) is 0 Å². The summed E-state index contributed by atoms with van der Waals surface area (Å²) >= 11 is 3.76. The number of likely N-dealkylation sites (N-methyl/N-ethyl adjacent to an activating group) is 1. The van der Waals surface area contributed by atoms with E-state index in [0.29, 0.717) is 6.04 Å². The summed E-state index contributed by atoms with van der Waals surface area (Å²) in [6.07, 6.45) is 0. The van der Waals surface area contributed by atoms with Gasteiger partial charge in [-0.25, -0.2) is 0 Å². The molecule has 1 saturated heterocycles. The highest BCUT2D eigenvalue weighted by Gasteiger charge is 2.22. The molecule has 2 rings (SSSR count). The highest BCUT2D eigenvalue weighted by atomic mass is 79.9. The summed E-state index contributed by atoms with van der Waals surface area (Å²) in [7, 11) is 2.21. The van der Waals surface area contributed by atoms with E-state index < -0.39 is 0 Å². The average molecular weight is 354 g/mol. The lowest BCUT2D eigenvalue weighted by Crippen LogP contribution is -2.50. The molecule has 0 aliphatic carbocycles. The molecule has 21 heavy (non-hydrogen) atoms. The van der Waals surface area contributed by atoms with Crippen molar-refractivity contribution in [2.24, 2.45) is 0 Å². The molecular weight excluding hydrogens is 326 g/mol. The van der Waals surface area contributed by atoms with Crippen LogP contribution >= 0.6 is 15.9 Å². The third-order valence-electron chi connectivity index (χ3n) is 4.14. The van der Waals surface area contributed by atoms with Crippen molar-refractivity contribution < 1.29 is 0 Å². The third-order valence-corrected chi connectivity index (χ3v) is 4.77. The number of piperazine rings is 1. The highest BCUT2D eigenvalue weighted by Crippen LogP contribution is 2.29. The Morgan fingerprint density at radius 3 is 2.57 bits per heavy atom. The van der Waals surface area contributed by atoms with Crippen LogP contribution in [0.25, 0.3) is 0 Å². The fraction of sp³-hybridized carbons (Fsp3) is 0.647. The molecule has 1 heterocycles. The zero-order valence-corrected chi connectivity index (χ0v) is 15.5. The smallest absolute Gasteiger partial charge is 0.0511 e. The zero-order valence-electron chi connectivity index (χ0n) is 13.9. The second kappa shape index (κ2) is 6.67. The minimum atomic E-state index is 0.151. The molecule has 0 amide bonds. The Morgan fingerprint density at radius 1 is 1.29 bits per heavy atom. The molecular formula is C17H28BrN3. The number of benzene rings is 1. The first kappa shape index (κ1) is 16.8. The first-order valence-electron chi connectivity index (χ1n) is 7.75. The van der Waals surface area contributed by atoms with Crippen LogP contribution < -0.4 is 10.2 Å². The van der Waals surface area contributed by atoms with Crippen LogP contribution in [-0.4, -0.2) is 43.2 Å². The normalized spacial score (nSPS) is 20.9. The molecule has 0 spiro atoms. The molecule has 1 aromatic carbocycles. The van der Waals surface area contributed by atoms with Crippen LogP contribution in [0, 0.1) is 0 Å². The third kappa shape index (κ3) is 4.70. The van der Waals surface area contributed by atoms with Crippen molar-refractivity contribution in [1.29, 1.82) is 0 Å². The van der Waals surface area contributed by atoms with Gasteiger partial charge in [0.2, 0.25) is 0 Å². The van der Waals surface area contributed by atoms with E-state index in [-0.39, 0.29) is 5.54 Å². The quantitative estimate of drug-likeness (QED) is 0.897. The number of anilines is 1. The number of nitrogens with one attached hydrogen (secondary N) is 1. The summed E-state index contributed by atoms with van der Waals surface area (Å²) in [5.41, 5.74) is 2.79. The van der Waals surface area contributed by atoms with Gasteiger partial charge in [-0.05, 0) is 68.4 Å². The van der Waals surface area contributed by atoms with Gasteiger partial charge in [-0.1, -0.05) is 6.07 Å². The maximum Gasteiger partial charge on any atom is 0.0511 e. The molecule has 1 aliphatic heterocycles. The summed E-state index contributed by atoms with van der Waals surface area (Å²) in [5.74, 6) is 0. The van der Waals surface area contributed by atoms with Crippen molar-refractivity contribution in [3.05, 3.63) is 28.2 Å². The Bertz CT molecular complexity index is 481. The Kier molecular flexibility index (Phi) is 5.33. The van der Waals surface area contributed by atoms with Crippen LogP contribution in [-0.2, 0) is 6.54 Å². The second-order valence-corrected chi connectivity index (χ2v) is 8.02. The SMILES string of the molecule is CC1CN(c2ccc(CNC(C)(C)C)cc2Br)CCN1C. The first-order valence-corrected chi connectivity index (χ1v) is 8.54. The van der Waals surface area contributed by atoms with Gasteiger partial charge in [0.15, 0.2) is 0 Å². The molecule has 0 bridgehead atoms. The number of hydrogen-bond acceptors (Lipinski definition) is 3. The summed E-state index contributed by atoms with van der Waals surface area (Å²) in [4.78, 5) is 4.90. The van der Waals surface area contributed by atoms with E-state index in [2.05, 4.69) is 84.0 Å². The van der Waals surface area contributed by atoms with Gasteiger partial charge in [-0.15, -0.1) is 0 Å². The molecule has 1 aromatic rings. The van der Waals surface area contributed by atoms with Crippen molar-refractivity contribution in [1.82, 2.24) is 10.2 Å². The van der Waals surface area contributed by atoms with Gasteiger partial charge >= 0.3 is 0 Å². The van der Waals surface area contributed by atoms with Crippen molar-refractivity contribution >= 4 is 21.6 Å². The molecule has 1 unspecified atom stereocenters. The Hall–Kier alpha value is -0.580. The van der Waals surface area contributed by atoms with E-state index in [4.69, 9.17) is 0 Å². The van der Waals surface area contributed by atoms with Crippen molar-refractivity contribution in [3.8, 4) is 0 Å². The van der Waals surface area contributed by atoms with Crippen LogP contribution in [0.4, 0.5) is 5.69 Å². The molecule has 1 fully saturated rings. The number of halogens is 1. The largest absolute Gasteiger partial charge is 0.368 e. The van der Waals surface area contributed by atoms with Gasteiger partial charge in [0.25, 0.3) is 0 Å². The lowest BCUT2D eigenvalue weighted by molar-refractivity contribution is 0.234. The standard InChI is InChI=1S/C17H28BrN3/c1-13-12-21(9-8-20(13)5)16-7-6-14(10-15(16)18)11-19-17(2,3)4/h6-7,10,13,19H,8-9,11-12H2,1-5H3. The first-order chi connectivity index (χ1) is 9.76. The van der Waals surface area contributed by atoms with Crippen molar-refractivity contribution in [2.45, 2.75) is 45.8 Å². The predicted octanol–water partition coefficient (Wildman–Crippen LogP) is 3.48. The molecule has 118 valence electrons. The Balaban J connectivity index is 2.05. The minimum absolute atomic E-state index is 0.151. The Morgan fingerprint density at radius 2 is 2.00 bits per heavy atom. The van der Waals surface area contributed by atoms with E-state index in [9.17, 15) is 0 Å². The molecule has 4 heteroatoms. The van der Waals surface area contributed by atoms with Gasteiger partial charge < -0.3 is 15.1 Å². The fourth-order valence-electron chi connectivity index (χ4n) is 2.55. The summed E-state index contributed by atoms with van der Waals surface area (Å²) in [6.45, 7) is 13.1. The lowest BCUT2D eigenvalue weighted by atomic mass is 10.1. The topological polar surface area (TPSA) is 18.5 Å². The van der Waals surface area contributed by atoms with E-state index in [1.165, 1.54) is 15.7 Å². The van der Waals surface area contributed by atoms with Gasteiger partial charge in [0.05, 0.1) is 5.69 Å². The molecule has 1 N–H and O–H groups in total. The van der Waals surface area contributed by atoms with Gasteiger partial charge in [0, 0.05) is 42.2 Å². The zero-order chi connectivity index (χ0) is 15.6.